The number of hydrogen-bond acceptors (Lipinski definition) is 1. The van der Waals surface area contributed by atoms with Crippen molar-refractivity contribution in [3.8, 4) is 22.4 Å². The minimum absolute atomic E-state index is 0.0487. The summed E-state index contributed by atoms with van der Waals surface area (Å²) in [5.41, 5.74) is -1.97. The van der Waals surface area contributed by atoms with Gasteiger partial charge in [0.2, 0.25) is 0 Å². The molecule has 1 aromatic heterocycles. The molecule has 0 aliphatic heterocycles. The second kappa shape index (κ2) is 6.48. The Hall–Kier alpha value is -2.83. The minimum atomic E-state index is -4.60. The second-order valence-corrected chi connectivity index (χ2v) is 5.52. The van der Waals surface area contributed by atoms with Gasteiger partial charge in [-0.3, -0.25) is 4.98 Å². The molecular weight excluding hydrogens is 356 g/mol. The van der Waals surface area contributed by atoms with E-state index in [4.69, 9.17) is 0 Å². The van der Waals surface area contributed by atoms with Gasteiger partial charge in [0.05, 0.1) is 16.8 Å². The fraction of sp³-hybridized carbons (Fsp3) is 0.105. The summed E-state index contributed by atoms with van der Waals surface area (Å²) in [5, 5.41) is 0. The van der Waals surface area contributed by atoms with Crippen molar-refractivity contribution < 1.29 is 26.3 Å². The molecule has 0 spiro atoms. The molecule has 1 nitrogen and oxygen atoms in total. The molecule has 26 heavy (non-hydrogen) atoms. The smallest absolute Gasteiger partial charge is 0.256 e. The molecule has 7 heteroatoms. The van der Waals surface area contributed by atoms with Gasteiger partial charge in [0.25, 0.3) is 0 Å². The molecule has 134 valence electrons. The van der Waals surface area contributed by atoms with Gasteiger partial charge in [-0.2, -0.15) is 26.3 Å². The van der Waals surface area contributed by atoms with E-state index in [1.807, 2.05) is 0 Å². The predicted octanol–water partition coefficient (Wildman–Crippen LogP) is 6.45. The van der Waals surface area contributed by atoms with Crippen LogP contribution in [0.3, 0.4) is 0 Å². The molecule has 0 atom stereocenters. The summed E-state index contributed by atoms with van der Waals surface area (Å²) < 4.78 is 79.2. The lowest BCUT2D eigenvalue weighted by Crippen LogP contribution is -2.08. The third-order valence-electron chi connectivity index (χ3n) is 3.81. The number of rotatable bonds is 2. The summed E-state index contributed by atoms with van der Waals surface area (Å²) in [4.78, 5) is 3.92. The molecule has 0 bridgehead atoms. The molecule has 1 heterocycles. The SMILES string of the molecule is FC(F)(F)c1ccccc1-c1ccnc(-c2ccccc2C(F)(F)F)c1. The lowest BCUT2D eigenvalue weighted by atomic mass is 9.97. The van der Waals surface area contributed by atoms with Crippen molar-refractivity contribution in [1.82, 2.24) is 4.98 Å². The quantitative estimate of drug-likeness (QED) is 0.474. The molecule has 3 rings (SSSR count). The van der Waals surface area contributed by atoms with E-state index in [0.29, 0.717) is 0 Å². The number of alkyl halides is 6. The minimum Gasteiger partial charge on any atom is -0.256 e. The Balaban J connectivity index is 2.16. The summed E-state index contributed by atoms with van der Waals surface area (Å²) in [5.74, 6) is 0. The average molecular weight is 367 g/mol. The van der Waals surface area contributed by atoms with Gasteiger partial charge in [-0.05, 0) is 35.4 Å². The highest BCUT2D eigenvalue weighted by atomic mass is 19.4. The Labute approximate surface area is 144 Å². The number of halogens is 6. The van der Waals surface area contributed by atoms with Crippen LogP contribution in [0, 0.1) is 0 Å². The fourth-order valence-corrected chi connectivity index (χ4v) is 2.68. The monoisotopic (exact) mass is 367 g/mol. The first-order valence-corrected chi connectivity index (χ1v) is 7.47. The zero-order valence-electron chi connectivity index (χ0n) is 13.1. The molecule has 0 fully saturated rings. The number of aromatic nitrogens is 1. The van der Waals surface area contributed by atoms with E-state index in [-0.39, 0.29) is 22.4 Å². The molecular formula is C19H11F6N. The van der Waals surface area contributed by atoms with Gasteiger partial charge in [0.15, 0.2) is 0 Å². The van der Waals surface area contributed by atoms with E-state index < -0.39 is 23.5 Å². The standard InChI is InChI=1S/C19H11F6N/c20-18(21,22)15-7-3-1-5-13(15)12-9-10-26-17(11-12)14-6-2-4-8-16(14)19(23,24)25/h1-11H. The Morgan fingerprint density at radius 1 is 0.615 bits per heavy atom. The van der Waals surface area contributed by atoms with Crippen molar-refractivity contribution in [3.05, 3.63) is 78.0 Å². The highest BCUT2D eigenvalue weighted by Crippen LogP contribution is 2.39. The summed E-state index contributed by atoms with van der Waals surface area (Å²) in [7, 11) is 0. The third-order valence-corrected chi connectivity index (χ3v) is 3.81. The van der Waals surface area contributed by atoms with Crippen LogP contribution in [0.1, 0.15) is 11.1 Å². The van der Waals surface area contributed by atoms with Crippen molar-refractivity contribution in [2.24, 2.45) is 0 Å². The van der Waals surface area contributed by atoms with Crippen molar-refractivity contribution >= 4 is 0 Å². The van der Waals surface area contributed by atoms with Crippen molar-refractivity contribution in [2.75, 3.05) is 0 Å². The van der Waals surface area contributed by atoms with Gasteiger partial charge in [0.1, 0.15) is 0 Å². The molecule has 0 aliphatic rings. The predicted molar refractivity (Wildman–Crippen MR) is 85.1 cm³/mol. The zero-order valence-corrected chi connectivity index (χ0v) is 13.1. The molecule has 0 unspecified atom stereocenters. The molecule has 3 aromatic rings. The molecule has 0 saturated carbocycles. The molecule has 2 aromatic carbocycles. The van der Waals surface area contributed by atoms with Crippen LogP contribution in [0.2, 0.25) is 0 Å². The number of pyridine rings is 1. The maximum atomic E-state index is 13.2. The van der Waals surface area contributed by atoms with E-state index in [2.05, 4.69) is 4.98 Å². The highest BCUT2D eigenvalue weighted by molar-refractivity contribution is 5.74. The topological polar surface area (TPSA) is 12.9 Å². The first kappa shape index (κ1) is 18.0. The van der Waals surface area contributed by atoms with Gasteiger partial charge in [-0.1, -0.05) is 36.4 Å². The van der Waals surface area contributed by atoms with E-state index in [1.165, 1.54) is 54.7 Å². The summed E-state index contributed by atoms with van der Waals surface area (Å²) >= 11 is 0. The van der Waals surface area contributed by atoms with Gasteiger partial charge in [0, 0.05) is 11.8 Å². The Morgan fingerprint density at radius 2 is 1.12 bits per heavy atom. The lowest BCUT2D eigenvalue weighted by molar-refractivity contribution is -0.137. The average Bonchev–Trinajstić information content (AvgIpc) is 2.60. The van der Waals surface area contributed by atoms with Gasteiger partial charge < -0.3 is 0 Å². The highest BCUT2D eigenvalue weighted by Gasteiger charge is 2.35. The van der Waals surface area contributed by atoms with Gasteiger partial charge in [-0.15, -0.1) is 0 Å². The van der Waals surface area contributed by atoms with E-state index in [1.54, 1.807) is 0 Å². The maximum Gasteiger partial charge on any atom is 0.417 e. The summed E-state index contributed by atoms with van der Waals surface area (Å²) in [6, 6.07) is 12.3. The van der Waals surface area contributed by atoms with Crippen LogP contribution in [-0.2, 0) is 12.4 Å². The Bertz CT molecular complexity index is 855. The first-order valence-electron chi connectivity index (χ1n) is 7.47. The molecule has 0 amide bonds. The van der Waals surface area contributed by atoms with Crippen LogP contribution in [0.5, 0.6) is 0 Å². The fourth-order valence-electron chi connectivity index (χ4n) is 2.68. The van der Waals surface area contributed by atoms with Crippen LogP contribution in [0.4, 0.5) is 26.3 Å². The number of benzene rings is 2. The number of hydrogen-bond donors (Lipinski definition) is 0. The van der Waals surface area contributed by atoms with Crippen molar-refractivity contribution in [2.45, 2.75) is 12.4 Å². The molecule has 0 saturated heterocycles. The molecule has 0 radical (unpaired) electrons. The first-order chi connectivity index (χ1) is 12.2. The van der Waals surface area contributed by atoms with Crippen LogP contribution in [-0.4, -0.2) is 4.98 Å². The molecule has 0 N–H and O–H groups in total. The molecule has 0 aliphatic carbocycles. The lowest BCUT2D eigenvalue weighted by Gasteiger charge is -2.15. The Kier molecular flexibility index (Phi) is 4.48. The van der Waals surface area contributed by atoms with Crippen LogP contribution in [0.15, 0.2) is 66.9 Å². The summed E-state index contributed by atoms with van der Waals surface area (Å²) in [6.45, 7) is 0. The number of nitrogens with zero attached hydrogens (tertiary/aromatic N) is 1. The zero-order chi connectivity index (χ0) is 18.9. The van der Waals surface area contributed by atoms with Gasteiger partial charge >= 0.3 is 12.4 Å². The second-order valence-electron chi connectivity index (χ2n) is 5.52. The van der Waals surface area contributed by atoms with E-state index >= 15 is 0 Å². The largest absolute Gasteiger partial charge is 0.417 e. The van der Waals surface area contributed by atoms with E-state index in [9.17, 15) is 26.3 Å². The Morgan fingerprint density at radius 3 is 1.69 bits per heavy atom. The summed E-state index contributed by atoms with van der Waals surface area (Å²) in [6.07, 6.45) is -7.98. The maximum absolute atomic E-state index is 13.2. The van der Waals surface area contributed by atoms with E-state index in [0.717, 1.165) is 12.1 Å². The van der Waals surface area contributed by atoms with Crippen LogP contribution < -0.4 is 0 Å². The van der Waals surface area contributed by atoms with Crippen molar-refractivity contribution in [1.29, 1.82) is 0 Å². The third kappa shape index (κ3) is 3.56. The van der Waals surface area contributed by atoms with Crippen LogP contribution in [0.25, 0.3) is 22.4 Å². The van der Waals surface area contributed by atoms with Crippen molar-refractivity contribution in [3.63, 3.8) is 0 Å². The van der Waals surface area contributed by atoms with Gasteiger partial charge in [-0.25, -0.2) is 0 Å². The van der Waals surface area contributed by atoms with Crippen LogP contribution >= 0.6 is 0 Å². The normalized spacial score (nSPS) is 12.2.